The maximum atomic E-state index is 7.80. The minimum absolute atomic E-state index is 0.545. The summed E-state index contributed by atoms with van der Waals surface area (Å²) in [6, 6.07) is 0. The van der Waals surface area contributed by atoms with Gasteiger partial charge in [-0.1, -0.05) is 125 Å². The normalized spacial score (nSPS) is 20.7. The fourth-order valence-corrected chi connectivity index (χ4v) is 41.7. The molecule has 4 N–H and O–H groups in total. The lowest BCUT2D eigenvalue weighted by atomic mass is 11.0. The van der Waals surface area contributed by atoms with Crippen molar-refractivity contribution in [1.29, 1.82) is 21.8 Å². The summed E-state index contributed by atoms with van der Waals surface area (Å²) in [5, 5.41) is 7.80. The molecule has 44 heteroatoms. The highest BCUT2D eigenvalue weighted by atomic mass is 35.9. The van der Waals surface area contributed by atoms with Crippen LogP contribution in [0.15, 0.2) is 75.6 Å². The minimum Gasteiger partial charge on any atom is -0.290 e. The highest BCUT2D eigenvalue weighted by molar-refractivity contribution is 8.26. The molecule has 2 aliphatic rings. The van der Waals surface area contributed by atoms with E-state index in [1.807, 2.05) is 225 Å². The van der Waals surface area contributed by atoms with Crippen LogP contribution in [0.4, 0.5) is 0 Å². The van der Waals surface area contributed by atoms with E-state index in [0.29, 0.717) is 0 Å². The average Bonchev–Trinajstić information content (AvgIpc) is 3.32. The van der Waals surface area contributed by atoms with E-state index in [-0.39, 0.29) is 0 Å². The monoisotopic (exact) mass is 1410 g/mol. The van der Waals surface area contributed by atoms with Gasteiger partial charge in [0.2, 0.25) is 0 Å². The molecule has 0 saturated carbocycles. The van der Waals surface area contributed by atoms with Gasteiger partial charge in [0.1, 0.15) is 0 Å². The van der Waals surface area contributed by atoms with Crippen molar-refractivity contribution in [3.8, 4) is 0 Å². The van der Waals surface area contributed by atoms with Gasteiger partial charge in [-0.25, -0.2) is 16.6 Å². The summed E-state index contributed by atoms with van der Waals surface area (Å²) in [5.41, 5.74) is 20.9. The predicted molar refractivity (Wildman–Crippen MR) is 353 cm³/mol. The van der Waals surface area contributed by atoms with Crippen LogP contribution in [0.1, 0.15) is 125 Å². The van der Waals surface area contributed by atoms with E-state index in [4.69, 9.17) is 116 Å². The predicted octanol–water partition coefficient (Wildman–Crippen LogP) is 27.8. The molecule has 0 bridgehead atoms. The van der Waals surface area contributed by atoms with Gasteiger partial charge >= 0.3 is 14.2 Å². The van der Waals surface area contributed by atoms with Crippen molar-refractivity contribution in [3.05, 3.63) is 0 Å². The average molecular weight is 1420 g/mol. The van der Waals surface area contributed by atoms with Crippen molar-refractivity contribution in [1.82, 2.24) is 23.4 Å². The highest BCUT2D eigenvalue weighted by Crippen LogP contribution is 2.88. The molecule has 0 aromatic carbocycles. The Bertz CT molecular complexity index is 1810. The summed E-state index contributed by atoms with van der Waals surface area (Å²) in [7, 11) is 9.27. The molecule has 2 rings (SSSR count). The number of hydrogen-bond donors (Lipinski definition) is 4. The van der Waals surface area contributed by atoms with Crippen LogP contribution in [-0.2, 0) is 0 Å². The van der Waals surface area contributed by atoms with E-state index in [9.17, 15) is 0 Å². The SMILES string of the molecule is CC.CC.CC.CC.CC.CC.CC.CC.CC.CN(C)P(=NP1(Cl)=NP(N=NPN=N)(N=NPN=N)=NP(Cl)(N=NPN=N)=N1)(N(C)C)N(C)C.CN(C)P(C)(=N)N(C)C.ClP1(Cl)=NP(Cl)(Cl)=NP(Cl)(Cl)=N1. The first-order valence-corrected chi connectivity index (χ1v) is 46.2. The quantitative estimate of drug-likeness (QED) is 0.0915. The van der Waals surface area contributed by atoms with Crippen LogP contribution in [0.2, 0.25) is 0 Å². The molecule has 0 aromatic heterocycles. The fraction of sp³-hybridized carbons (Fsp3) is 1.00. The van der Waals surface area contributed by atoms with Crippen LogP contribution in [0.5, 0.6) is 0 Å². The number of nitrogens with one attached hydrogen (secondary N) is 4. The van der Waals surface area contributed by atoms with Gasteiger partial charge in [-0.2, -0.15) is 46.3 Å². The zero-order valence-corrected chi connectivity index (χ0v) is 64.7. The van der Waals surface area contributed by atoms with Gasteiger partial charge in [-0.3, -0.25) is 28.5 Å². The number of rotatable bonds is 15. The van der Waals surface area contributed by atoms with E-state index in [0.717, 1.165) is 0 Å². The Hall–Kier alpha value is 2.85. The van der Waals surface area contributed by atoms with E-state index in [1.54, 1.807) is 0 Å². The Morgan fingerprint density at radius 1 is 0.370 bits per heavy atom. The van der Waals surface area contributed by atoms with Crippen LogP contribution in [-0.4, -0.2) is 100 Å². The Morgan fingerprint density at radius 3 is 0.822 bits per heavy atom. The molecule has 73 heavy (non-hydrogen) atoms. The van der Waals surface area contributed by atoms with Gasteiger partial charge in [-0.15, -0.1) is 29.3 Å². The molecule has 0 aliphatic carbocycles. The van der Waals surface area contributed by atoms with E-state index >= 15 is 0 Å². The maximum Gasteiger partial charge on any atom is 0.347 e. The molecular formula is C29H94Cl8N25P11. The second-order valence-corrected chi connectivity index (χ2v) is 43.3. The lowest BCUT2D eigenvalue weighted by Crippen LogP contribution is -2.30. The number of nitrogens with zero attached hydrogens (tertiary/aromatic N) is 21. The molecule has 0 radical (unpaired) electrons. The molecule has 0 fully saturated rings. The van der Waals surface area contributed by atoms with Crippen LogP contribution in [0.25, 0.3) is 0 Å². The molecule has 5 atom stereocenters. The largest absolute Gasteiger partial charge is 0.347 e. The molecule has 446 valence electrons. The number of hydrogen-bond acceptors (Lipinski definition) is 20. The molecule has 5 unspecified atom stereocenters. The molecule has 0 spiro atoms. The van der Waals surface area contributed by atoms with Gasteiger partial charge in [0.15, 0.2) is 34.2 Å². The standard InChI is InChI=1S/C6H24Cl2N19P7.C5H16N3P.9C2H6.Cl6N3P3/c1-25(2)34(26(3)4,27(5)6)24-32(8)21-31(7,18-15-28-12-9)22-33(23-32,19-16-29-13-10)20-17-30-14-11;1-7(2)9(5,6)8(3)4;9*1-2;1-10(2)7-11(3,4)9-12(5,6)8-10/h9-11,28-30H,1-6H3;6H,1-5H3;9*1-2H3;. The second kappa shape index (κ2) is 56.7. The third-order valence-electron chi connectivity index (χ3n) is 5.51. The van der Waals surface area contributed by atoms with Gasteiger partial charge < -0.3 is 0 Å². The van der Waals surface area contributed by atoms with Gasteiger partial charge in [0.05, 0.1) is 7.36 Å². The van der Waals surface area contributed by atoms with Crippen molar-refractivity contribution in [2.75, 3.05) is 77.1 Å². The molecule has 2 aliphatic heterocycles. The topological polar surface area (TPSA) is 309 Å². The van der Waals surface area contributed by atoms with E-state index < -0.39 is 80.2 Å². The van der Waals surface area contributed by atoms with Gasteiger partial charge in [0, 0.05) is 0 Å². The zero-order chi connectivity index (χ0) is 61.3. The van der Waals surface area contributed by atoms with E-state index in [2.05, 4.69) is 71.1 Å². The van der Waals surface area contributed by atoms with Crippen LogP contribution in [0, 0.1) is 21.8 Å². The minimum atomic E-state index is -3.64. The fourth-order valence-electron chi connectivity index (χ4n) is 3.23. The lowest BCUT2D eigenvalue weighted by Gasteiger charge is -2.41. The van der Waals surface area contributed by atoms with Crippen molar-refractivity contribution >= 4 is 170 Å². The number of halogens is 8. The Morgan fingerprint density at radius 2 is 0.616 bits per heavy atom. The smallest absolute Gasteiger partial charge is 0.290 e. The molecule has 0 aromatic rings. The first kappa shape index (κ1) is 98.0. The zero-order valence-electron chi connectivity index (χ0n) is 48.5. The summed E-state index contributed by atoms with van der Waals surface area (Å²) in [4.78, 5) is 33.0. The van der Waals surface area contributed by atoms with E-state index in [1.165, 1.54) is 0 Å². The summed E-state index contributed by atoms with van der Waals surface area (Å²) >= 11 is 47.5. The second-order valence-electron chi connectivity index (χ2n) is 10.4. The highest BCUT2D eigenvalue weighted by Gasteiger charge is 2.40. The maximum absolute atomic E-state index is 7.80. The first-order chi connectivity index (χ1) is 33.8. The van der Waals surface area contributed by atoms with Gasteiger partial charge in [0.25, 0.3) is 24.4 Å². The Balaban J connectivity index is -0.000000104. The molecule has 0 saturated heterocycles. The van der Waals surface area contributed by atoms with Crippen molar-refractivity contribution < 1.29 is 0 Å². The summed E-state index contributed by atoms with van der Waals surface area (Å²) in [6.07, 6.45) is 0. The van der Waals surface area contributed by atoms with Crippen LogP contribution in [0.3, 0.4) is 0 Å². The Kier molecular flexibility index (Phi) is 76.1. The summed E-state index contributed by atoms with van der Waals surface area (Å²) < 4.78 is 38.9. The summed E-state index contributed by atoms with van der Waals surface area (Å²) in [5.74, 6) is -8.72. The molecular weight excluding hydrogens is 1320 g/mol. The van der Waals surface area contributed by atoms with Crippen molar-refractivity contribution in [2.24, 2.45) is 75.6 Å². The third-order valence-corrected chi connectivity index (χ3v) is 37.3. The Labute approximate surface area is 488 Å². The van der Waals surface area contributed by atoms with Crippen molar-refractivity contribution in [3.63, 3.8) is 0 Å². The van der Waals surface area contributed by atoms with Gasteiger partial charge in [-0.05, 0) is 167 Å². The lowest BCUT2D eigenvalue weighted by molar-refractivity contribution is 0.475. The molecule has 0 amide bonds. The first-order valence-electron chi connectivity index (χ1n) is 22.5. The summed E-state index contributed by atoms with van der Waals surface area (Å²) in [6.45, 7) is 30.8. The van der Waals surface area contributed by atoms with Crippen LogP contribution < -0.4 is 0 Å². The molecule has 25 nitrogen and oxygen atoms in total. The van der Waals surface area contributed by atoms with Crippen molar-refractivity contribution in [2.45, 2.75) is 125 Å². The van der Waals surface area contributed by atoms with Crippen LogP contribution >= 0.6 is 170 Å². The molecule has 2 heterocycles. The third kappa shape index (κ3) is 46.1.